The van der Waals surface area contributed by atoms with E-state index in [1.807, 2.05) is 42.6 Å². The van der Waals surface area contributed by atoms with E-state index < -0.39 is 0 Å². The van der Waals surface area contributed by atoms with Crippen LogP contribution in [0.2, 0.25) is 5.02 Å². The van der Waals surface area contributed by atoms with Gasteiger partial charge in [0.05, 0.1) is 10.7 Å². The molecule has 0 fully saturated rings. The maximum absolute atomic E-state index is 6.08. The summed E-state index contributed by atoms with van der Waals surface area (Å²) in [4.78, 5) is 12.3. The van der Waals surface area contributed by atoms with Crippen molar-refractivity contribution >= 4 is 22.6 Å². The molecule has 0 bridgehead atoms. The molecular formula is C19H14ClN3. The molecule has 0 amide bonds. The second kappa shape index (κ2) is 5.86. The van der Waals surface area contributed by atoms with Gasteiger partial charge in [-0.1, -0.05) is 48.0 Å². The average molecular weight is 320 g/mol. The topological polar surface area (TPSA) is 41.6 Å². The van der Waals surface area contributed by atoms with Crippen molar-refractivity contribution in [2.45, 2.75) is 6.42 Å². The van der Waals surface area contributed by atoms with Crippen molar-refractivity contribution in [3.63, 3.8) is 0 Å². The minimum Gasteiger partial charge on any atom is -0.345 e. The van der Waals surface area contributed by atoms with E-state index in [4.69, 9.17) is 16.6 Å². The molecule has 3 nitrogen and oxygen atoms in total. The molecular weight excluding hydrogens is 306 g/mol. The normalized spacial score (nSPS) is 11.0. The first-order valence-electron chi connectivity index (χ1n) is 7.42. The van der Waals surface area contributed by atoms with Gasteiger partial charge in [-0.2, -0.15) is 0 Å². The van der Waals surface area contributed by atoms with Crippen molar-refractivity contribution in [2.75, 3.05) is 0 Å². The maximum Gasteiger partial charge on any atom is 0.138 e. The Morgan fingerprint density at radius 2 is 1.87 bits per heavy atom. The van der Waals surface area contributed by atoms with Crippen LogP contribution < -0.4 is 0 Å². The van der Waals surface area contributed by atoms with Crippen LogP contribution in [0.5, 0.6) is 0 Å². The van der Waals surface area contributed by atoms with Crippen molar-refractivity contribution in [1.82, 2.24) is 15.0 Å². The molecule has 0 spiro atoms. The smallest absolute Gasteiger partial charge is 0.138 e. The van der Waals surface area contributed by atoms with Gasteiger partial charge in [-0.15, -0.1) is 0 Å². The van der Waals surface area contributed by atoms with Crippen LogP contribution in [-0.2, 0) is 6.42 Å². The molecule has 4 heteroatoms. The number of aromatic nitrogens is 3. The summed E-state index contributed by atoms with van der Waals surface area (Å²) < 4.78 is 0. The van der Waals surface area contributed by atoms with E-state index in [2.05, 4.69) is 28.2 Å². The van der Waals surface area contributed by atoms with Gasteiger partial charge in [-0.3, -0.25) is 4.98 Å². The first-order chi connectivity index (χ1) is 11.3. The molecule has 1 aromatic carbocycles. The van der Waals surface area contributed by atoms with Crippen LogP contribution in [0.3, 0.4) is 0 Å². The number of nitrogens with one attached hydrogen (secondary N) is 1. The van der Waals surface area contributed by atoms with E-state index in [1.165, 1.54) is 5.56 Å². The summed E-state index contributed by atoms with van der Waals surface area (Å²) in [5.41, 5.74) is 5.05. The van der Waals surface area contributed by atoms with Gasteiger partial charge in [-0.05, 0) is 23.8 Å². The molecule has 23 heavy (non-hydrogen) atoms. The zero-order valence-corrected chi connectivity index (χ0v) is 13.1. The summed E-state index contributed by atoms with van der Waals surface area (Å²) >= 11 is 6.08. The van der Waals surface area contributed by atoms with Crippen LogP contribution in [0.15, 0.2) is 67.0 Å². The molecule has 112 valence electrons. The summed E-state index contributed by atoms with van der Waals surface area (Å²) in [6.45, 7) is 0. The number of aromatic amines is 1. The Labute approximate surface area is 139 Å². The highest BCUT2D eigenvalue weighted by molar-refractivity contribution is 6.31. The predicted octanol–water partition coefficient (Wildman–Crippen LogP) is 4.87. The lowest BCUT2D eigenvalue weighted by molar-refractivity contribution is 1.08. The van der Waals surface area contributed by atoms with E-state index in [0.29, 0.717) is 5.02 Å². The number of H-pyrrole nitrogens is 1. The van der Waals surface area contributed by atoms with Gasteiger partial charge in [0.1, 0.15) is 5.65 Å². The van der Waals surface area contributed by atoms with Gasteiger partial charge in [-0.25, -0.2) is 4.98 Å². The Morgan fingerprint density at radius 3 is 2.74 bits per heavy atom. The van der Waals surface area contributed by atoms with Crippen molar-refractivity contribution in [3.05, 3.63) is 83.3 Å². The van der Waals surface area contributed by atoms with Crippen molar-refractivity contribution < 1.29 is 0 Å². The second-order valence-corrected chi connectivity index (χ2v) is 5.87. The molecule has 0 atom stereocenters. The molecule has 3 heterocycles. The van der Waals surface area contributed by atoms with Crippen molar-refractivity contribution in [3.8, 4) is 11.3 Å². The van der Waals surface area contributed by atoms with Crippen LogP contribution in [0, 0.1) is 0 Å². The van der Waals surface area contributed by atoms with E-state index in [-0.39, 0.29) is 0 Å². The quantitative estimate of drug-likeness (QED) is 0.585. The molecule has 0 radical (unpaired) electrons. The van der Waals surface area contributed by atoms with Crippen LogP contribution in [0.25, 0.3) is 22.3 Å². The van der Waals surface area contributed by atoms with Crippen LogP contribution in [0.4, 0.5) is 0 Å². The third kappa shape index (κ3) is 2.83. The van der Waals surface area contributed by atoms with Gasteiger partial charge >= 0.3 is 0 Å². The van der Waals surface area contributed by atoms with E-state index in [1.54, 1.807) is 6.20 Å². The molecule has 4 aromatic rings. The van der Waals surface area contributed by atoms with Crippen molar-refractivity contribution in [1.29, 1.82) is 0 Å². The van der Waals surface area contributed by atoms with E-state index >= 15 is 0 Å². The zero-order valence-electron chi connectivity index (χ0n) is 12.3. The zero-order chi connectivity index (χ0) is 15.6. The van der Waals surface area contributed by atoms with Gasteiger partial charge in [0.2, 0.25) is 0 Å². The number of hydrogen-bond acceptors (Lipinski definition) is 2. The lowest BCUT2D eigenvalue weighted by Crippen LogP contribution is -1.93. The Bertz CT molecular complexity index is 961. The Balaban J connectivity index is 1.74. The largest absolute Gasteiger partial charge is 0.345 e. The fourth-order valence-corrected chi connectivity index (χ4v) is 2.88. The third-order valence-electron chi connectivity index (χ3n) is 3.81. The van der Waals surface area contributed by atoms with E-state index in [9.17, 15) is 0 Å². The molecule has 0 saturated carbocycles. The van der Waals surface area contributed by atoms with E-state index in [0.717, 1.165) is 34.4 Å². The van der Waals surface area contributed by atoms with Gasteiger partial charge in [0.15, 0.2) is 0 Å². The van der Waals surface area contributed by atoms with Crippen LogP contribution >= 0.6 is 11.6 Å². The van der Waals surface area contributed by atoms with Crippen molar-refractivity contribution in [2.24, 2.45) is 0 Å². The SMILES string of the molecule is Clc1cnc2[nH]cc(-c3cccc(Cc4ccccc4)n3)c2c1. The van der Waals surface area contributed by atoms with Crippen LogP contribution in [-0.4, -0.2) is 15.0 Å². The molecule has 0 unspecified atom stereocenters. The Morgan fingerprint density at radius 1 is 1.00 bits per heavy atom. The molecule has 1 N–H and O–H groups in total. The van der Waals surface area contributed by atoms with Gasteiger partial charge in [0.25, 0.3) is 0 Å². The fourth-order valence-electron chi connectivity index (χ4n) is 2.72. The number of rotatable bonds is 3. The average Bonchev–Trinajstić information content (AvgIpc) is 2.99. The van der Waals surface area contributed by atoms with Gasteiger partial charge in [0, 0.05) is 35.5 Å². The minimum atomic E-state index is 0.624. The summed E-state index contributed by atoms with van der Waals surface area (Å²) in [6, 6.07) is 18.4. The molecule has 3 aromatic heterocycles. The second-order valence-electron chi connectivity index (χ2n) is 5.43. The number of hydrogen-bond donors (Lipinski definition) is 1. The summed E-state index contributed by atoms with van der Waals surface area (Å²) in [6.07, 6.45) is 4.39. The number of benzene rings is 1. The monoisotopic (exact) mass is 319 g/mol. The Hall–Kier alpha value is -2.65. The lowest BCUT2D eigenvalue weighted by Gasteiger charge is -2.04. The lowest BCUT2D eigenvalue weighted by atomic mass is 10.1. The maximum atomic E-state index is 6.08. The molecule has 0 aliphatic rings. The van der Waals surface area contributed by atoms with Gasteiger partial charge < -0.3 is 4.98 Å². The highest BCUT2D eigenvalue weighted by Gasteiger charge is 2.09. The minimum absolute atomic E-state index is 0.624. The predicted molar refractivity (Wildman–Crippen MR) is 93.6 cm³/mol. The Kier molecular flexibility index (Phi) is 3.56. The first kappa shape index (κ1) is 14.0. The fraction of sp³-hybridized carbons (Fsp3) is 0.0526. The summed E-state index contributed by atoms with van der Waals surface area (Å²) in [5, 5.41) is 1.61. The molecule has 0 saturated heterocycles. The summed E-state index contributed by atoms with van der Waals surface area (Å²) in [7, 11) is 0. The number of nitrogens with zero attached hydrogens (tertiary/aromatic N) is 2. The standard InChI is InChI=1S/C19H14ClN3/c20-14-10-16-17(12-22-19(16)21-11-14)18-8-4-7-15(23-18)9-13-5-2-1-3-6-13/h1-8,10-12H,9H2,(H,21,22). The molecule has 4 rings (SSSR count). The summed E-state index contributed by atoms with van der Waals surface area (Å²) in [5.74, 6) is 0. The number of fused-ring (bicyclic) bond motifs is 1. The van der Waals surface area contributed by atoms with Crippen LogP contribution in [0.1, 0.15) is 11.3 Å². The highest BCUT2D eigenvalue weighted by Crippen LogP contribution is 2.28. The first-order valence-corrected chi connectivity index (χ1v) is 7.80. The third-order valence-corrected chi connectivity index (χ3v) is 4.02. The molecule has 0 aliphatic carbocycles. The highest BCUT2D eigenvalue weighted by atomic mass is 35.5. The number of halogens is 1. The molecule has 0 aliphatic heterocycles. The number of pyridine rings is 2.